The van der Waals surface area contributed by atoms with Crippen molar-refractivity contribution in [2.45, 2.75) is 39.2 Å². The molecule has 0 spiro atoms. The van der Waals surface area contributed by atoms with Crippen LogP contribution >= 0.6 is 0 Å². The Labute approximate surface area is 81.0 Å². The van der Waals surface area contributed by atoms with Crippen molar-refractivity contribution in [2.24, 2.45) is 5.73 Å². The van der Waals surface area contributed by atoms with Gasteiger partial charge in [-0.1, -0.05) is 43.7 Å². The third kappa shape index (κ3) is 2.10. The maximum atomic E-state index is 6.27. The van der Waals surface area contributed by atoms with Crippen LogP contribution in [0.3, 0.4) is 0 Å². The molecule has 1 rings (SSSR count). The Morgan fingerprint density at radius 3 is 1.92 bits per heavy atom. The first-order valence-electron chi connectivity index (χ1n) is 4.98. The van der Waals surface area contributed by atoms with Gasteiger partial charge in [0.05, 0.1) is 0 Å². The first-order valence-corrected chi connectivity index (χ1v) is 4.98. The van der Waals surface area contributed by atoms with Gasteiger partial charge < -0.3 is 5.73 Å². The van der Waals surface area contributed by atoms with Crippen LogP contribution in [0, 0.1) is 6.92 Å². The van der Waals surface area contributed by atoms with E-state index in [1.54, 1.807) is 0 Å². The summed E-state index contributed by atoms with van der Waals surface area (Å²) >= 11 is 0. The Morgan fingerprint density at radius 2 is 1.54 bits per heavy atom. The van der Waals surface area contributed by atoms with Crippen LogP contribution in [-0.2, 0) is 5.54 Å². The summed E-state index contributed by atoms with van der Waals surface area (Å²) in [4.78, 5) is 0. The van der Waals surface area contributed by atoms with Crippen molar-refractivity contribution in [2.75, 3.05) is 0 Å². The maximum Gasteiger partial charge on any atom is 0.0404 e. The van der Waals surface area contributed by atoms with Gasteiger partial charge in [-0.15, -0.1) is 0 Å². The Bertz CT molecular complexity index is 257. The van der Waals surface area contributed by atoms with Gasteiger partial charge in [0.15, 0.2) is 0 Å². The van der Waals surface area contributed by atoms with Crippen molar-refractivity contribution < 1.29 is 0 Å². The molecule has 0 bridgehead atoms. The van der Waals surface area contributed by atoms with Crippen LogP contribution in [0.5, 0.6) is 0 Å². The molecule has 0 aliphatic heterocycles. The molecular weight excluding hydrogens is 158 g/mol. The summed E-state index contributed by atoms with van der Waals surface area (Å²) in [6.07, 6.45) is 1.99. The number of benzene rings is 1. The zero-order valence-electron chi connectivity index (χ0n) is 8.80. The largest absolute Gasteiger partial charge is 0.321 e. The molecule has 0 radical (unpaired) electrons. The molecule has 72 valence electrons. The summed E-state index contributed by atoms with van der Waals surface area (Å²) in [6.45, 7) is 6.38. The molecule has 1 heteroatoms. The van der Waals surface area contributed by atoms with Gasteiger partial charge in [-0.05, 0) is 25.3 Å². The predicted octanol–water partition coefficient (Wildman–Crippen LogP) is 2.97. The molecule has 1 aromatic carbocycles. The molecule has 0 saturated carbocycles. The van der Waals surface area contributed by atoms with Crippen LogP contribution in [0.4, 0.5) is 0 Å². The highest BCUT2D eigenvalue weighted by atomic mass is 14.7. The van der Waals surface area contributed by atoms with Crippen LogP contribution in [0.25, 0.3) is 0 Å². The number of hydrogen-bond donors (Lipinski definition) is 1. The zero-order valence-corrected chi connectivity index (χ0v) is 8.80. The van der Waals surface area contributed by atoms with Gasteiger partial charge in [0.1, 0.15) is 0 Å². The first-order chi connectivity index (χ1) is 6.12. The Morgan fingerprint density at radius 1 is 1.08 bits per heavy atom. The number of aryl methyl sites for hydroxylation is 1. The van der Waals surface area contributed by atoms with E-state index >= 15 is 0 Å². The van der Waals surface area contributed by atoms with Gasteiger partial charge in [-0.2, -0.15) is 0 Å². The minimum Gasteiger partial charge on any atom is -0.321 e. The van der Waals surface area contributed by atoms with Crippen LogP contribution < -0.4 is 5.73 Å². The van der Waals surface area contributed by atoms with Gasteiger partial charge in [-0.25, -0.2) is 0 Å². The zero-order chi connectivity index (χ0) is 9.90. The normalized spacial score (nSPS) is 11.7. The van der Waals surface area contributed by atoms with Crippen LogP contribution in [0.2, 0.25) is 0 Å². The highest BCUT2D eigenvalue weighted by Crippen LogP contribution is 2.25. The van der Waals surface area contributed by atoms with Gasteiger partial charge in [-0.3, -0.25) is 0 Å². The van der Waals surface area contributed by atoms with Gasteiger partial charge in [0.2, 0.25) is 0 Å². The van der Waals surface area contributed by atoms with Crippen molar-refractivity contribution in [3.05, 3.63) is 35.4 Å². The lowest BCUT2D eigenvalue weighted by Crippen LogP contribution is -2.34. The lowest BCUT2D eigenvalue weighted by Gasteiger charge is -2.27. The SMILES string of the molecule is CCC(N)(CC)c1ccc(C)cc1. The molecule has 1 nitrogen and oxygen atoms in total. The summed E-state index contributed by atoms with van der Waals surface area (Å²) < 4.78 is 0. The van der Waals surface area contributed by atoms with Crippen molar-refractivity contribution in [1.82, 2.24) is 0 Å². The molecule has 2 N–H and O–H groups in total. The molecule has 0 heterocycles. The van der Waals surface area contributed by atoms with E-state index < -0.39 is 0 Å². The second kappa shape index (κ2) is 3.93. The van der Waals surface area contributed by atoms with Gasteiger partial charge >= 0.3 is 0 Å². The smallest absolute Gasteiger partial charge is 0.0404 e. The fourth-order valence-corrected chi connectivity index (χ4v) is 1.54. The molecule has 0 amide bonds. The number of hydrogen-bond acceptors (Lipinski definition) is 1. The minimum atomic E-state index is -0.131. The molecule has 0 aliphatic rings. The molecule has 0 fully saturated rings. The molecular formula is C12H19N. The standard InChI is InChI=1S/C12H19N/c1-4-12(13,5-2)11-8-6-10(3)7-9-11/h6-9H,4-5,13H2,1-3H3. The first kappa shape index (κ1) is 10.3. The average Bonchev–Trinajstić information content (AvgIpc) is 2.18. The molecule has 0 aromatic heterocycles. The predicted molar refractivity (Wildman–Crippen MR) is 57.6 cm³/mol. The monoisotopic (exact) mass is 177 g/mol. The average molecular weight is 177 g/mol. The van der Waals surface area contributed by atoms with Gasteiger partial charge in [0, 0.05) is 5.54 Å². The summed E-state index contributed by atoms with van der Waals surface area (Å²) in [6, 6.07) is 8.54. The topological polar surface area (TPSA) is 26.0 Å². The van der Waals surface area contributed by atoms with E-state index in [2.05, 4.69) is 45.0 Å². The quantitative estimate of drug-likeness (QED) is 0.754. The lowest BCUT2D eigenvalue weighted by atomic mass is 9.86. The highest BCUT2D eigenvalue weighted by Gasteiger charge is 2.21. The molecule has 13 heavy (non-hydrogen) atoms. The summed E-state index contributed by atoms with van der Waals surface area (Å²) in [7, 11) is 0. The summed E-state index contributed by atoms with van der Waals surface area (Å²) in [5.74, 6) is 0. The molecule has 0 aliphatic carbocycles. The van der Waals surface area contributed by atoms with E-state index in [0.717, 1.165) is 12.8 Å². The van der Waals surface area contributed by atoms with Gasteiger partial charge in [0.25, 0.3) is 0 Å². The van der Waals surface area contributed by atoms with Crippen molar-refractivity contribution in [3.63, 3.8) is 0 Å². The van der Waals surface area contributed by atoms with Crippen molar-refractivity contribution in [1.29, 1.82) is 0 Å². The van der Waals surface area contributed by atoms with Crippen LogP contribution in [-0.4, -0.2) is 0 Å². The summed E-state index contributed by atoms with van der Waals surface area (Å²) in [5.41, 5.74) is 8.68. The maximum absolute atomic E-state index is 6.27. The summed E-state index contributed by atoms with van der Waals surface area (Å²) in [5, 5.41) is 0. The van der Waals surface area contributed by atoms with Crippen molar-refractivity contribution >= 4 is 0 Å². The fourth-order valence-electron chi connectivity index (χ4n) is 1.54. The number of rotatable bonds is 3. The minimum absolute atomic E-state index is 0.131. The molecule has 1 aromatic rings. The highest BCUT2D eigenvalue weighted by molar-refractivity contribution is 5.27. The third-order valence-electron chi connectivity index (χ3n) is 2.89. The second-order valence-electron chi connectivity index (χ2n) is 3.73. The molecule has 0 unspecified atom stereocenters. The third-order valence-corrected chi connectivity index (χ3v) is 2.89. The molecule has 0 atom stereocenters. The van der Waals surface area contributed by atoms with Crippen molar-refractivity contribution in [3.8, 4) is 0 Å². The Balaban J connectivity index is 2.99. The van der Waals surface area contributed by atoms with E-state index in [1.807, 2.05) is 0 Å². The van der Waals surface area contributed by atoms with E-state index in [-0.39, 0.29) is 5.54 Å². The van der Waals surface area contributed by atoms with E-state index in [0.29, 0.717) is 0 Å². The Kier molecular flexibility index (Phi) is 3.10. The fraction of sp³-hybridized carbons (Fsp3) is 0.500. The van der Waals surface area contributed by atoms with E-state index in [4.69, 9.17) is 5.73 Å². The Hall–Kier alpha value is -0.820. The molecule has 0 saturated heterocycles. The second-order valence-corrected chi connectivity index (χ2v) is 3.73. The van der Waals surface area contributed by atoms with Crippen LogP contribution in [0.1, 0.15) is 37.8 Å². The van der Waals surface area contributed by atoms with Crippen LogP contribution in [0.15, 0.2) is 24.3 Å². The van der Waals surface area contributed by atoms with E-state index in [9.17, 15) is 0 Å². The number of nitrogens with two attached hydrogens (primary N) is 1. The lowest BCUT2D eigenvalue weighted by molar-refractivity contribution is 0.413. The van der Waals surface area contributed by atoms with E-state index in [1.165, 1.54) is 11.1 Å².